The second kappa shape index (κ2) is 8.83. The van der Waals surface area contributed by atoms with Crippen LogP contribution in [0.2, 0.25) is 0 Å². The maximum Gasteiger partial charge on any atom is 0.335 e. The van der Waals surface area contributed by atoms with Crippen molar-refractivity contribution in [1.82, 2.24) is 9.47 Å². The van der Waals surface area contributed by atoms with Gasteiger partial charge in [0.2, 0.25) is 11.8 Å². The van der Waals surface area contributed by atoms with E-state index in [1.807, 2.05) is 28.8 Å². The maximum absolute atomic E-state index is 15.4. The van der Waals surface area contributed by atoms with Crippen molar-refractivity contribution in [2.24, 2.45) is 0 Å². The van der Waals surface area contributed by atoms with E-state index in [1.54, 1.807) is 32.3 Å². The van der Waals surface area contributed by atoms with Gasteiger partial charge in [0.1, 0.15) is 19.3 Å². The van der Waals surface area contributed by atoms with Crippen LogP contribution in [0.5, 0.6) is 0 Å². The molecule has 2 amide bonds. The number of amides is 2. The third-order valence-corrected chi connectivity index (χ3v) is 7.24. The molecule has 1 fully saturated rings. The zero-order valence-electron chi connectivity index (χ0n) is 19.8. The molecule has 0 radical (unpaired) electrons. The average molecular weight is 478 g/mol. The average Bonchev–Trinajstić information content (AvgIpc) is 3.09. The van der Waals surface area contributed by atoms with Gasteiger partial charge < -0.3 is 19.5 Å². The lowest BCUT2D eigenvalue weighted by molar-refractivity contribution is -0.129. The van der Waals surface area contributed by atoms with E-state index in [9.17, 15) is 19.5 Å². The molecule has 1 saturated carbocycles. The highest BCUT2D eigenvalue weighted by Gasteiger charge is 2.36. The topological polar surface area (TPSA) is 82.9 Å². The summed E-state index contributed by atoms with van der Waals surface area (Å²) in [5.74, 6) is -1.91. The Morgan fingerprint density at radius 2 is 1.86 bits per heavy atom. The predicted molar refractivity (Wildman–Crippen MR) is 131 cm³/mol. The number of aromatic carboxylic acids is 1. The highest BCUT2D eigenvalue weighted by Crippen LogP contribution is 2.48. The Bertz CT molecular complexity index is 1350. The van der Waals surface area contributed by atoms with Gasteiger partial charge >= 0.3 is 5.97 Å². The monoisotopic (exact) mass is 477 g/mol. The van der Waals surface area contributed by atoms with Crippen LogP contribution in [0.3, 0.4) is 0 Å². The minimum absolute atomic E-state index is 0.0754. The first-order valence-electron chi connectivity index (χ1n) is 11.9. The van der Waals surface area contributed by atoms with Gasteiger partial charge in [-0.15, -0.1) is 0 Å². The van der Waals surface area contributed by atoms with Gasteiger partial charge in [-0.2, -0.15) is 0 Å². The number of likely N-dealkylation sites (N-methyl/N-ethyl adjacent to an activating group) is 1. The Labute approximate surface area is 202 Å². The largest absolute Gasteiger partial charge is 0.478 e. The van der Waals surface area contributed by atoms with E-state index in [4.69, 9.17) is 0 Å². The molecule has 3 aromatic rings. The van der Waals surface area contributed by atoms with E-state index in [1.165, 1.54) is 9.80 Å². The predicted octanol–water partition coefficient (Wildman–Crippen LogP) is 4.44. The third-order valence-electron chi connectivity index (χ3n) is 7.24. The Kier molecular flexibility index (Phi) is 5.83. The van der Waals surface area contributed by atoms with Gasteiger partial charge in [-0.1, -0.05) is 37.1 Å². The summed E-state index contributed by atoms with van der Waals surface area (Å²) in [5, 5.41) is 10.4. The van der Waals surface area contributed by atoms with Crippen LogP contribution in [0.4, 0.5) is 10.1 Å². The summed E-state index contributed by atoms with van der Waals surface area (Å²) in [6, 6.07) is 12.2. The van der Waals surface area contributed by atoms with Crippen molar-refractivity contribution in [3.63, 3.8) is 0 Å². The molecule has 0 saturated heterocycles. The van der Waals surface area contributed by atoms with Gasteiger partial charge in [-0.25, -0.2) is 9.18 Å². The highest BCUT2D eigenvalue weighted by molar-refractivity contribution is 6.07. The number of hydrogen-bond acceptors (Lipinski definition) is 3. The summed E-state index contributed by atoms with van der Waals surface area (Å²) < 4.78 is 17.2. The highest BCUT2D eigenvalue weighted by atomic mass is 19.1. The summed E-state index contributed by atoms with van der Waals surface area (Å²) in [5.41, 5.74) is 3.60. The number of benzene rings is 2. The molecule has 5 rings (SSSR count). The molecule has 0 unspecified atom stereocenters. The standard InChI is InChI=1S/C27H28FN3O4/c1-29(2)23(32)14-30-21-10-6-4-8-19(21)26-25(17-7-3-5-9-20(17)28)18-12-11-16(27(34)35)13-22(18)31(26)15-24(30)33/h4,6,8,10-13,17,20H,3,5,7,9,14-15H2,1-2H3,(H,34,35)/t17-,20-/m0/s1. The zero-order valence-corrected chi connectivity index (χ0v) is 19.8. The molecule has 1 N–H and O–H groups in total. The molecule has 8 heteroatoms. The quantitative estimate of drug-likeness (QED) is 0.602. The molecular formula is C27H28FN3O4. The molecular weight excluding hydrogens is 449 g/mol. The van der Waals surface area contributed by atoms with Crippen molar-refractivity contribution in [3.05, 3.63) is 53.6 Å². The van der Waals surface area contributed by atoms with Crippen LogP contribution in [-0.2, 0) is 16.1 Å². The minimum atomic E-state index is -1.07. The van der Waals surface area contributed by atoms with Crippen LogP contribution in [-0.4, -0.2) is 59.2 Å². The van der Waals surface area contributed by atoms with Crippen LogP contribution >= 0.6 is 0 Å². The second-order valence-corrected chi connectivity index (χ2v) is 9.58. The third kappa shape index (κ3) is 3.87. The van der Waals surface area contributed by atoms with E-state index in [-0.39, 0.29) is 36.4 Å². The number of halogens is 1. The lowest BCUT2D eigenvalue weighted by Gasteiger charge is -2.28. The van der Waals surface area contributed by atoms with Gasteiger partial charge in [0.05, 0.1) is 22.5 Å². The zero-order chi connectivity index (χ0) is 24.9. The number of carboxylic acid groups (broad SMARTS) is 1. The summed E-state index contributed by atoms with van der Waals surface area (Å²) in [6.45, 7) is -0.190. The van der Waals surface area contributed by atoms with Crippen LogP contribution < -0.4 is 4.90 Å². The minimum Gasteiger partial charge on any atom is -0.478 e. The first kappa shape index (κ1) is 23.1. The summed E-state index contributed by atoms with van der Waals surface area (Å²) in [6.07, 6.45) is 1.90. The molecule has 2 aromatic carbocycles. The number of anilines is 1. The Morgan fingerprint density at radius 3 is 2.57 bits per heavy atom. The maximum atomic E-state index is 15.4. The molecule has 1 aliphatic carbocycles. The van der Waals surface area contributed by atoms with Gasteiger partial charge in [0, 0.05) is 31.0 Å². The number of fused-ring (bicyclic) bond motifs is 5. The molecule has 182 valence electrons. The number of carbonyl (C=O) groups excluding carboxylic acids is 2. The molecule has 2 heterocycles. The first-order chi connectivity index (χ1) is 16.8. The number of hydrogen-bond donors (Lipinski definition) is 1. The number of carbonyl (C=O) groups is 3. The van der Waals surface area contributed by atoms with Crippen molar-refractivity contribution in [2.45, 2.75) is 44.3 Å². The summed E-state index contributed by atoms with van der Waals surface area (Å²) >= 11 is 0. The Hall–Kier alpha value is -3.68. The van der Waals surface area contributed by atoms with Gasteiger partial charge in [-0.05, 0) is 36.6 Å². The Balaban J connectivity index is 1.80. The van der Waals surface area contributed by atoms with Crippen molar-refractivity contribution >= 4 is 34.4 Å². The van der Waals surface area contributed by atoms with E-state index >= 15 is 4.39 Å². The van der Waals surface area contributed by atoms with E-state index in [0.29, 0.717) is 24.0 Å². The smallest absolute Gasteiger partial charge is 0.335 e. The van der Waals surface area contributed by atoms with Crippen molar-refractivity contribution < 1.29 is 23.9 Å². The molecule has 1 aliphatic heterocycles. The van der Waals surface area contributed by atoms with Crippen LogP contribution in [0.1, 0.15) is 47.5 Å². The lowest BCUT2D eigenvalue weighted by Crippen LogP contribution is -2.41. The van der Waals surface area contributed by atoms with E-state index in [2.05, 4.69) is 0 Å². The van der Waals surface area contributed by atoms with E-state index in [0.717, 1.165) is 35.0 Å². The van der Waals surface area contributed by atoms with Crippen LogP contribution in [0, 0.1) is 0 Å². The molecule has 35 heavy (non-hydrogen) atoms. The van der Waals surface area contributed by atoms with Gasteiger partial charge in [0.15, 0.2) is 0 Å². The number of nitrogens with zero attached hydrogens (tertiary/aromatic N) is 3. The fraction of sp³-hybridized carbons (Fsp3) is 0.370. The number of alkyl halides is 1. The lowest BCUT2D eigenvalue weighted by atomic mass is 9.80. The first-order valence-corrected chi connectivity index (χ1v) is 11.9. The number of carboxylic acids is 1. The Morgan fingerprint density at radius 1 is 1.11 bits per heavy atom. The number of para-hydroxylation sites is 1. The van der Waals surface area contributed by atoms with Gasteiger partial charge in [-0.3, -0.25) is 9.59 Å². The van der Waals surface area contributed by atoms with Crippen molar-refractivity contribution in [1.29, 1.82) is 0 Å². The molecule has 7 nitrogen and oxygen atoms in total. The summed E-state index contributed by atoms with van der Waals surface area (Å²) in [4.78, 5) is 40.8. The summed E-state index contributed by atoms with van der Waals surface area (Å²) in [7, 11) is 3.28. The van der Waals surface area contributed by atoms with Crippen LogP contribution in [0.15, 0.2) is 42.5 Å². The van der Waals surface area contributed by atoms with Crippen molar-refractivity contribution in [3.8, 4) is 11.3 Å². The number of aromatic nitrogens is 1. The molecule has 0 spiro atoms. The van der Waals surface area contributed by atoms with Crippen LogP contribution in [0.25, 0.3) is 22.2 Å². The van der Waals surface area contributed by atoms with Crippen molar-refractivity contribution in [2.75, 3.05) is 25.5 Å². The van der Waals surface area contributed by atoms with Gasteiger partial charge in [0.25, 0.3) is 0 Å². The SMILES string of the molecule is CN(C)C(=O)CN1C(=O)Cn2c(c([C@H]3CCCC[C@@H]3F)c3ccc(C(=O)O)cc32)-c2ccccc21. The molecule has 2 aliphatic rings. The molecule has 2 atom stereocenters. The fourth-order valence-electron chi connectivity index (χ4n) is 5.46. The normalized spacial score (nSPS) is 19.7. The van der Waals surface area contributed by atoms with E-state index < -0.39 is 12.1 Å². The molecule has 0 bridgehead atoms. The number of rotatable bonds is 4. The second-order valence-electron chi connectivity index (χ2n) is 9.58. The fourth-order valence-corrected chi connectivity index (χ4v) is 5.46. The molecule has 1 aromatic heterocycles.